The van der Waals surface area contributed by atoms with E-state index in [4.69, 9.17) is 30.7 Å². The molecule has 0 radical (unpaired) electrons. The van der Waals surface area contributed by atoms with E-state index in [1.807, 2.05) is 0 Å². The Balaban J connectivity index is 1.74. The van der Waals surface area contributed by atoms with E-state index in [9.17, 15) is 4.79 Å². The van der Waals surface area contributed by atoms with Gasteiger partial charge >= 0.3 is 5.97 Å². The number of carbonyl (C=O) groups is 1. The van der Waals surface area contributed by atoms with E-state index in [0.29, 0.717) is 41.9 Å². The Bertz CT molecular complexity index is 708. The van der Waals surface area contributed by atoms with Gasteiger partial charge in [0.2, 0.25) is 0 Å². The molecule has 3 rings (SSSR count). The molecule has 1 aliphatic rings. The molecule has 1 N–H and O–H groups in total. The smallest absolute Gasteiger partial charge is 0.358 e. The Labute approximate surface area is 131 Å². The van der Waals surface area contributed by atoms with Crippen molar-refractivity contribution in [1.29, 1.82) is 0 Å². The van der Waals surface area contributed by atoms with Gasteiger partial charge in [-0.25, -0.2) is 4.79 Å². The van der Waals surface area contributed by atoms with Crippen LogP contribution in [0.25, 0.3) is 11.3 Å². The molecule has 1 aromatic heterocycles. The first kappa shape index (κ1) is 14.9. The highest BCUT2D eigenvalue weighted by Crippen LogP contribution is 2.33. The van der Waals surface area contributed by atoms with E-state index >= 15 is 0 Å². The van der Waals surface area contributed by atoms with E-state index in [1.165, 1.54) is 6.07 Å². The zero-order valence-electron chi connectivity index (χ0n) is 11.8. The van der Waals surface area contributed by atoms with Crippen molar-refractivity contribution >= 4 is 17.6 Å². The summed E-state index contributed by atoms with van der Waals surface area (Å²) in [6, 6.07) is 6.47. The number of aromatic carboxylic acids is 1. The summed E-state index contributed by atoms with van der Waals surface area (Å²) in [5.74, 6) is -0.237. The third kappa shape index (κ3) is 2.93. The van der Waals surface area contributed by atoms with Crippen LogP contribution in [0.5, 0.6) is 5.75 Å². The summed E-state index contributed by atoms with van der Waals surface area (Å²) in [6.45, 7) is 3.97. The maximum Gasteiger partial charge on any atom is 0.358 e. The van der Waals surface area contributed by atoms with Crippen LogP contribution in [0.1, 0.15) is 17.4 Å². The first-order chi connectivity index (χ1) is 10.5. The lowest BCUT2D eigenvalue weighted by molar-refractivity contribution is -0.120. The average molecular weight is 324 g/mol. The first-order valence-corrected chi connectivity index (χ1v) is 7.05. The van der Waals surface area contributed by atoms with Crippen molar-refractivity contribution in [3.05, 3.63) is 35.0 Å². The van der Waals surface area contributed by atoms with Crippen LogP contribution in [-0.2, 0) is 4.74 Å². The molecular weight excluding hydrogens is 310 g/mol. The molecule has 116 valence electrons. The monoisotopic (exact) mass is 323 g/mol. The van der Waals surface area contributed by atoms with Gasteiger partial charge in [-0.3, -0.25) is 0 Å². The number of carboxylic acids is 1. The maximum absolute atomic E-state index is 10.8. The van der Waals surface area contributed by atoms with Gasteiger partial charge in [-0.2, -0.15) is 0 Å². The number of halogens is 1. The SMILES string of the molecule is CC1(COc2ccc(-c3cc(C(=O)O)no3)cc2Cl)COC1. The maximum atomic E-state index is 10.8. The normalized spacial score (nSPS) is 16.1. The minimum absolute atomic E-state index is 0.0311. The molecular formula is C15H14ClNO5. The van der Waals surface area contributed by atoms with Crippen molar-refractivity contribution < 1.29 is 23.9 Å². The average Bonchev–Trinajstić information content (AvgIpc) is 2.94. The second kappa shape index (κ2) is 5.62. The molecule has 1 aromatic carbocycles. The molecule has 1 saturated heterocycles. The number of rotatable bonds is 5. The standard InChI is InChI=1S/C15H14ClNO5/c1-15(6-20-7-15)8-21-12-3-2-9(4-10(12)16)13-5-11(14(18)19)17-22-13/h2-5H,6-8H2,1H3,(H,18,19). The largest absolute Gasteiger partial charge is 0.491 e. The van der Waals surface area contributed by atoms with Gasteiger partial charge in [-0.1, -0.05) is 23.7 Å². The van der Waals surface area contributed by atoms with Crippen molar-refractivity contribution in [1.82, 2.24) is 5.16 Å². The Hall–Kier alpha value is -2.05. The number of carboxylic acid groups (broad SMARTS) is 1. The van der Waals surface area contributed by atoms with Crippen LogP contribution >= 0.6 is 11.6 Å². The van der Waals surface area contributed by atoms with Crippen molar-refractivity contribution in [3.8, 4) is 17.1 Å². The molecule has 2 aromatic rings. The van der Waals surface area contributed by atoms with Gasteiger partial charge in [0.1, 0.15) is 5.75 Å². The minimum Gasteiger partial charge on any atom is -0.491 e. The lowest BCUT2D eigenvalue weighted by atomic mass is 9.90. The number of benzene rings is 1. The van der Waals surface area contributed by atoms with Crippen molar-refractivity contribution in [3.63, 3.8) is 0 Å². The highest BCUT2D eigenvalue weighted by molar-refractivity contribution is 6.32. The lowest BCUT2D eigenvalue weighted by Gasteiger charge is -2.37. The summed E-state index contributed by atoms with van der Waals surface area (Å²) < 4.78 is 15.9. The number of hydrogen-bond donors (Lipinski definition) is 1. The molecule has 1 fully saturated rings. The molecule has 2 heterocycles. The third-order valence-corrected chi connectivity index (χ3v) is 3.72. The fourth-order valence-corrected chi connectivity index (χ4v) is 2.30. The first-order valence-electron chi connectivity index (χ1n) is 6.67. The summed E-state index contributed by atoms with van der Waals surface area (Å²) in [5, 5.41) is 12.7. The topological polar surface area (TPSA) is 81.8 Å². The second-order valence-corrected chi connectivity index (χ2v) is 6.03. The molecule has 0 spiro atoms. The van der Waals surface area contributed by atoms with Gasteiger partial charge in [0.05, 0.1) is 24.8 Å². The van der Waals surface area contributed by atoms with Gasteiger partial charge in [-0.15, -0.1) is 0 Å². The fourth-order valence-electron chi connectivity index (χ4n) is 2.07. The molecule has 0 amide bonds. The highest BCUT2D eigenvalue weighted by Gasteiger charge is 2.34. The van der Waals surface area contributed by atoms with Crippen LogP contribution in [-0.4, -0.2) is 36.1 Å². The van der Waals surface area contributed by atoms with E-state index in [2.05, 4.69) is 12.1 Å². The molecule has 1 aliphatic heterocycles. The quantitative estimate of drug-likeness (QED) is 0.910. The summed E-state index contributed by atoms with van der Waals surface area (Å²) in [6.07, 6.45) is 0. The van der Waals surface area contributed by atoms with Gasteiger partial charge in [-0.05, 0) is 18.2 Å². The zero-order chi connectivity index (χ0) is 15.7. The van der Waals surface area contributed by atoms with Crippen LogP contribution in [0.3, 0.4) is 0 Å². The van der Waals surface area contributed by atoms with Gasteiger partial charge in [0.15, 0.2) is 11.5 Å². The number of hydrogen-bond acceptors (Lipinski definition) is 5. The Morgan fingerprint density at radius 3 is 2.77 bits per heavy atom. The molecule has 6 nitrogen and oxygen atoms in total. The third-order valence-electron chi connectivity index (χ3n) is 3.42. The number of aromatic nitrogens is 1. The zero-order valence-corrected chi connectivity index (χ0v) is 12.6. The lowest BCUT2D eigenvalue weighted by Crippen LogP contribution is -2.44. The highest BCUT2D eigenvalue weighted by atomic mass is 35.5. The predicted molar refractivity (Wildman–Crippen MR) is 78.3 cm³/mol. The van der Waals surface area contributed by atoms with Crippen LogP contribution in [0.4, 0.5) is 0 Å². The van der Waals surface area contributed by atoms with E-state index in [1.54, 1.807) is 18.2 Å². The Morgan fingerprint density at radius 2 is 2.23 bits per heavy atom. The van der Waals surface area contributed by atoms with E-state index in [0.717, 1.165) is 0 Å². The fraction of sp³-hybridized carbons (Fsp3) is 0.333. The molecule has 22 heavy (non-hydrogen) atoms. The Morgan fingerprint density at radius 1 is 1.45 bits per heavy atom. The van der Waals surface area contributed by atoms with Crippen LogP contribution in [0.2, 0.25) is 5.02 Å². The predicted octanol–water partition coefficient (Wildman–Crippen LogP) is 3.11. The van der Waals surface area contributed by atoms with Gasteiger partial charge in [0.25, 0.3) is 0 Å². The van der Waals surface area contributed by atoms with E-state index < -0.39 is 5.97 Å². The molecule has 0 atom stereocenters. The second-order valence-electron chi connectivity index (χ2n) is 5.62. The van der Waals surface area contributed by atoms with E-state index in [-0.39, 0.29) is 11.1 Å². The molecule has 0 aliphatic carbocycles. The number of ether oxygens (including phenoxy) is 2. The Kier molecular flexibility index (Phi) is 3.80. The summed E-state index contributed by atoms with van der Waals surface area (Å²) >= 11 is 6.20. The summed E-state index contributed by atoms with van der Waals surface area (Å²) in [7, 11) is 0. The van der Waals surface area contributed by atoms with Crippen LogP contribution in [0.15, 0.2) is 28.8 Å². The van der Waals surface area contributed by atoms with Crippen molar-refractivity contribution in [2.45, 2.75) is 6.92 Å². The number of nitrogens with zero attached hydrogens (tertiary/aromatic N) is 1. The van der Waals surface area contributed by atoms with Crippen molar-refractivity contribution in [2.75, 3.05) is 19.8 Å². The summed E-state index contributed by atoms with van der Waals surface area (Å²) in [5.41, 5.74) is 0.517. The molecule has 0 bridgehead atoms. The van der Waals surface area contributed by atoms with Crippen LogP contribution in [0, 0.1) is 5.41 Å². The summed E-state index contributed by atoms with van der Waals surface area (Å²) in [4.78, 5) is 10.8. The van der Waals surface area contributed by atoms with Gasteiger partial charge < -0.3 is 19.1 Å². The molecule has 0 unspecified atom stereocenters. The molecule has 7 heteroatoms. The molecule has 0 saturated carbocycles. The van der Waals surface area contributed by atoms with Gasteiger partial charge in [0, 0.05) is 17.0 Å². The van der Waals surface area contributed by atoms with Crippen LogP contribution < -0.4 is 4.74 Å². The van der Waals surface area contributed by atoms with Crippen molar-refractivity contribution in [2.24, 2.45) is 5.41 Å². The minimum atomic E-state index is -1.14.